The van der Waals surface area contributed by atoms with Crippen molar-refractivity contribution >= 4 is 11.6 Å². The first kappa shape index (κ1) is 15.9. The quantitative estimate of drug-likeness (QED) is 0.652. The molecule has 0 aliphatic heterocycles. The zero-order valence-corrected chi connectivity index (χ0v) is 14.2. The highest BCUT2D eigenvalue weighted by Gasteiger charge is 2.14. The van der Waals surface area contributed by atoms with Crippen molar-refractivity contribution < 1.29 is 4.74 Å². The van der Waals surface area contributed by atoms with Gasteiger partial charge in [-0.05, 0) is 47.6 Å². The van der Waals surface area contributed by atoms with Crippen molar-refractivity contribution in [3.05, 3.63) is 64.2 Å². The van der Waals surface area contributed by atoms with E-state index in [2.05, 4.69) is 64.1 Å². The van der Waals surface area contributed by atoms with Gasteiger partial charge in [0.1, 0.15) is 5.75 Å². The van der Waals surface area contributed by atoms with E-state index in [4.69, 9.17) is 16.3 Å². The molecular weight excluding hydrogens is 280 g/mol. The smallest absolute Gasteiger partial charge is 0.124 e. The average molecular weight is 303 g/mol. The lowest BCUT2D eigenvalue weighted by molar-refractivity contribution is 0.408. The lowest BCUT2D eigenvalue weighted by atomic mass is 9.96. The third-order valence-corrected chi connectivity index (χ3v) is 4.38. The summed E-state index contributed by atoms with van der Waals surface area (Å²) in [4.78, 5) is 0. The number of halogens is 1. The minimum Gasteiger partial charge on any atom is -0.496 e. The fourth-order valence-electron chi connectivity index (χ4n) is 2.69. The van der Waals surface area contributed by atoms with Crippen LogP contribution in [0.5, 0.6) is 5.75 Å². The van der Waals surface area contributed by atoms with Crippen LogP contribution in [-0.2, 0) is 0 Å². The van der Waals surface area contributed by atoms with Gasteiger partial charge in [0.25, 0.3) is 0 Å². The van der Waals surface area contributed by atoms with E-state index in [1.807, 2.05) is 0 Å². The Morgan fingerprint density at radius 2 is 1.33 bits per heavy atom. The van der Waals surface area contributed by atoms with Gasteiger partial charge in [-0.1, -0.05) is 50.2 Å². The van der Waals surface area contributed by atoms with E-state index < -0.39 is 0 Å². The Morgan fingerprint density at radius 3 is 1.76 bits per heavy atom. The highest BCUT2D eigenvalue weighted by atomic mass is 35.5. The van der Waals surface area contributed by atoms with E-state index in [-0.39, 0.29) is 5.38 Å². The molecule has 0 N–H and O–H groups in total. The Hall–Kier alpha value is -1.47. The molecule has 0 saturated carbocycles. The van der Waals surface area contributed by atoms with E-state index in [1.165, 1.54) is 5.56 Å². The number of hydrogen-bond donors (Lipinski definition) is 0. The van der Waals surface area contributed by atoms with Crippen molar-refractivity contribution in [1.29, 1.82) is 0 Å². The lowest BCUT2D eigenvalue weighted by Gasteiger charge is -2.16. The molecule has 0 aliphatic carbocycles. The van der Waals surface area contributed by atoms with Crippen molar-refractivity contribution in [2.24, 2.45) is 0 Å². The molecule has 2 heteroatoms. The number of alkyl halides is 1. The van der Waals surface area contributed by atoms with Crippen LogP contribution in [0.1, 0.15) is 53.0 Å². The highest BCUT2D eigenvalue weighted by molar-refractivity contribution is 6.22. The average Bonchev–Trinajstić information content (AvgIpc) is 2.46. The number of rotatable bonds is 4. The summed E-state index contributed by atoms with van der Waals surface area (Å²) < 4.78 is 5.42. The molecule has 2 aromatic rings. The molecule has 112 valence electrons. The molecule has 0 spiro atoms. The van der Waals surface area contributed by atoms with Crippen LogP contribution in [0, 0.1) is 13.8 Å². The predicted octanol–water partition coefficient (Wildman–Crippen LogP) is 5.76. The van der Waals surface area contributed by atoms with Crippen molar-refractivity contribution in [2.75, 3.05) is 7.11 Å². The normalized spacial score (nSPS) is 12.5. The first-order chi connectivity index (χ1) is 9.93. The zero-order chi connectivity index (χ0) is 15.6. The summed E-state index contributed by atoms with van der Waals surface area (Å²) in [6, 6.07) is 12.8. The molecule has 0 heterocycles. The Labute approximate surface area is 132 Å². The Morgan fingerprint density at radius 1 is 0.857 bits per heavy atom. The number of hydrogen-bond acceptors (Lipinski definition) is 1. The Bertz CT molecular complexity index is 591. The van der Waals surface area contributed by atoms with Gasteiger partial charge in [0.05, 0.1) is 12.5 Å². The molecule has 0 saturated heterocycles. The summed E-state index contributed by atoms with van der Waals surface area (Å²) in [6.45, 7) is 8.51. The van der Waals surface area contributed by atoms with Crippen LogP contribution in [0.15, 0.2) is 36.4 Å². The second-order valence-corrected chi connectivity index (χ2v) is 6.31. The summed E-state index contributed by atoms with van der Waals surface area (Å²) in [7, 11) is 1.71. The first-order valence-electron chi connectivity index (χ1n) is 7.33. The summed E-state index contributed by atoms with van der Waals surface area (Å²) in [5.74, 6) is 1.48. The maximum atomic E-state index is 6.66. The van der Waals surface area contributed by atoms with E-state index in [0.29, 0.717) is 5.92 Å². The van der Waals surface area contributed by atoms with Gasteiger partial charge in [0, 0.05) is 0 Å². The molecule has 1 nitrogen and oxygen atoms in total. The van der Waals surface area contributed by atoms with E-state index in [0.717, 1.165) is 28.0 Å². The minimum absolute atomic E-state index is 0.130. The predicted molar refractivity (Wildman–Crippen MR) is 90.7 cm³/mol. The third-order valence-electron chi connectivity index (χ3n) is 3.88. The standard InChI is InChI=1S/C19H23ClO/c1-12(2)15-6-8-16(9-7-15)18(20)17-10-13(3)19(21-5)14(4)11-17/h6-12,18H,1-5H3. The van der Waals surface area contributed by atoms with Gasteiger partial charge in [0.15, 0.2) is 0 Å². The van der Waals surface area contributed by atoms with E-state index in [1.54, 1.807) is 7.11 Å². The molecule has 2 rings (SSSR count). The van der Waals surface area contributed by atoms with Gasteiger partial charge in [-0.15, -0.1) is 11.6 Å². The summed E-state index contributed by atoms with van der Waals surface area (Å²) in [6.07, 6.45) is 0. The fraction of sp³-hybridized carbons (Fsp3) is 0.368. The maximum Gasteiger partial charge on any atom is 0.124 e. The summed E-state index contributed by atoms with van der Waals surface area (Å²) >= 11 is 6.66. The van der Waals surface area contributed by atoms with Crippen LogP contribution in [0.2, 0.25) is 0 Å². The van der Waals surface area contributed by atoms with Crippen LogP contribution in [-0.4, -0.2) is 7.11 Å². The van der Waals surface area contributed by atoms with Gasteiger partial charge >= 0.3 is 0 Å². The SMILES string of the molecule is COc1c(C)cc(C(Cl)c2ccc(C(C)C)cc2)cc1C. The molecule has 1 unspecified atom stereocenters. The van der Waals surface area contributed by atoms with Crippen LogP contribution < -0.4 is 4.74 Å². The molecule has 21 heavy (non-hydrogen) atoms. The molecule has 0 fully saturated rings. The van der Waals surface area contributed by atoms with Crippen molar-refractivity contribution in [3.63, 3.8) is 0 Å². The molecular formula is C19H23ClO. The summed E-state index contributed by atoms with van der Waals surface area (Å²) in [5.41, 5.74) is 5.83. The monoisotopic (exact) mass is 302 g/mol. The Kier molecular flexibility index (Phi) is 4.95. The Balaban J connectivity index is 2.33. The number of aryl methyl sites for hydroxylation is 2. The summed E-state index contributed by atoms with van der Waals surface area (Å²) in [5, 5.41) is -0.130. The van der Waals surface area contributed by atoms with E-state index >= 15 is 0 Å². The van der Waals surface area contributed by atoms with Crippen LogP contribution in [0.3, 0.4) is 0 Å². The number of benzene rings is 2. The van der Waals surface area contributed by atoms with Crippen LogP contribution in [0.4, 0.5) is 0 Å². The molecule has 0 aromatic heterocycles. The molecule has 0 bridgehead atoms. The van der Waals surface area contributed by atoms with Crippen molar-refractivity contribution in [2.45, 2.75) is 39.0 Å². The largest absolute Gasteiger partial charge is 0.496 e. The van der Waals surface area contributed by atoms with Crippen molar-refractivity contribution in [1.82, 2.24) is 0 Å². The second kappa shape index (κ2) is 6.53. The number of methoxy groups -OCH3 is 1. The maximum absolute atomic E-state index is 6.66. The molecule has 0 aliphatic rings. The second-order valence-electron chi connectivity index (χ2n) is 5.87. The van der Waals surface area contributed by atoms with Crippen LogP contribution >= 0.6 is 11.6 Å². The van der Waals surface area contributed by atoms with E-state index in [9.17, 15) is 0 Å². The van der Waals surface area contributed by atoms with Crippen LogP contribution in [0.25, 0.3) is 0 Å². The van der Waals surface area contributed by atoms with Crippen molar-refractivity contribution in [3.8, 4) is 5.75 Å². The van der Waals surface area contributed by atoms with Gasteiger partial charge in [-0.2, -0.15) is 0 Å². The topological polar surface area (TPSA) is 9.23 Å². The molecule has 1 atom stereocenters. The minimum atomic E-state index is -0.130. The fourth-order valence-corrected chi connectivity index (χ4v) is 2.97. The first-order valence-corrected chi connectivity index (χ1v) is 7.76. The highest BCUT2D eigenvalue weighted by Crippen LogP contribution is 2.34. The zero-order valence-electron chi connectivity index (χ0n) is 13.4. The molecule has 2 aromatic carbocycles. The molecule has 0 radical (unpaired) electrons. The lowest BCUT2D eigenvalue weighted by Crippen LogP contribution is -1.98. The third kappa shape index (κ3) is 3.41. The number of ether oxygens (including phenoxy) is 1. The van der Waals surface area contributed by atoms with Gasteiger partial charge in [-0.25, -0.2) is 0 Å². The van der Waals surface area contributed by atoms with Gasteiger partial charge < -0.3 is 4.74 Å². The van der Waals surface area contributed by atoms with Gasteiger partial charge in [-0.3, -0.25) is 0 Å². The molecule has 0 amide bonds. The van der Waals surface area contributed by atoms with Gasteiger partial charge in [0.2, 0.25) is 0 Å².